The number of alkyl halides is 1. The van der Waals surface area contributed by atoms with Crippen LogP contribution in [-0.4, -0.2) is 24.4 Å². The second-order valence-electron chi connectivity index (χ2n) is 4.80. The Morgan fingerprint density at radius 2 is 1.94 bits per heavy atom. The minimum atomic E-state index is -0.210. The molecule has 0 spiro atoms. The smallest absolute Gasteiger partial charge is 0.251 e. The maximum atomic E-state index is 12.2. The molecule has 1 N–H and O–H groups in total. The number of hydrogen-bond acceptors (Lipinski definition) is 2. The number of rotatable bonds is 4. The highest BCUT2D eigenvalue weighted by Gasteiger charge is 2.34. The lowest BCUT2D eigenvalue weighted by Crippen LogP contribution is -2.47. The Bertz CT molecular complexity index is 410. The van der Waals surface area contributed by atoms with E-state index in [2.05, 4.69) is 5.32 Å². The fraction of sp³-hybridized carbons (Fsp3) is 0.500. The number of ether oxygens (including phenoxy) is 1. The Labute approximate surface area is 112 Å². The Balaban J connectivity index is 2.06. The number of carbonyl (C=O) groups is 1. The van der Waals surface area contributed by atoms with Gasteiger partial charge < -0.3 is 10.1 Å². The van der Waals surface area contributed by atoms with E-state index in [1.165, 1.54) is 0 Å². The monoisotopic (exact) mass is 267 g/mol. The third-order valence-corrected chi connectivity index (χ3v) is 4.06. The van der Waals surface area contributed by atoms with Gasteiger partial charge in [0.25, 0.3) is 5.91 Å². The van der Waals surface area contributed by atoms with Crippen molar-refractivity contribution in [2.24, 2.45) is 0 Å². The van der Waals surface area contributed by atoms with E-state index < -0.39 is 0 Å². The molecule has 3 nitrogen and oxygen atoms in total. The molecule has 0 radical (unpaired) electrons. The van der Waals surface area contributed by atoms with Crippen LogP contribution in [0.15, 0.2) is 24.3 Å². The summed E-state index contributed by atoms with van der Waals surface area (Å²) in [6.07, 6.45) is 4.21. The molecule has 18 heavy (non-hydrogen) atoms. The van der Waals surface area contributed by atoms with E-state index in [9.17, 15) is 4.79 Å². The summed E-state index contributed by atoms with van der Waals surface area (Å²) < 4.78 is 5.07. The molecule has 1 aliphatic carbocycles. The van der Waals surface area contributed by atoms with Gasteiger partial charge in [0.2, 0.25) is 0 Å². The highest BCUT2D eigenvalue weighted by molar-refractivity contribution is 6.19. The quantitative estimate of drug-likeness (QED) is 0.852. The third-order valence-electron chi connectivity index (χ3n) is 3.55. The Hall–Kier alpha value is -1.22. The zero-order valence-corrected chi connectivity index (χ0v) is 11.3. The van der Waals surface area contributed by atoms with Crippen LogP contribution in [0, 0.1) is 0 Å². The molecular formula is C14H18ClNO2. The molecule has 2 rings (SSSR count). The normalized spacial score (nSPS) is 17.4. The summed E-state index contributed by atoms with van der Waals surface area (Å²) in [5, 5.41) is 3.08. The van der Waals surface area contributed by atoms with Gasteiger partial charge in [0.15, 0.2) is 0 Å². The van der Waals surface area contributed by atoms with Gasteiger partial charge in [-0.1, -0.05) is 12.8 Å². The zero-order valence-electron chi connectivity index (χ0n) is 10.5. The number of methoxy groups -OCH3 is 1. The van der Waals surface area contributed by atoms with Crippen LogP contribution < -0.4 is 10.1 Å². The predicted molar refractivity (Wildman–Crippen MR) is 72.4 cm³/mol. The van der Waals surface area contributed by atoms with Crippen LogP contribution in [0.25, 0.3) is 0 Å². The van der Waals surface area contributed by atoms with Crippen molar-refractivity contribution in [3.05, 3.63) is 29.8 Å². The number of carbonyl (C=O) groups excluding carboxylic acids is 1. The molecule has 0 saturated heterocycles. The highest BCUT2D eigenvalue weighted by Crippen LogP contribution is 2.31. The van der Waals surface area contributed by atoms with Gasteiger partial charge in [0, 0.05) is 11.4 Å². The molecule has 0 unspecified atom stereocenters. The summed E-state index contributed by atoms with van der Waals surface area (Å²) in [6.45, 7) is 0. The highest BCUT2D eigenvalue weighted by atomic mass is 35.5. The molecule has 0 aromatic heterocycles. The first-order chi connectivity index (χ1) is 8.69. The summed E-state index contributed by atoms with van der Waals surface area (Å²) in [4.78, 5) is 12.2. The van der Waals surface area contributed by atoms with Gasteiger partial charge in [0.1, 0.15) is 5.75 Å². The molecule has 1 saturated carbocycles. The minimum Gasteiger partial charge on any atom is -0.497 e. The molecular weight excluding hydrogens is 250 g/mol. The maximum absolute atomic E-state index is 12.2. The standard InChI is InChI=1S/C14H18ClNO2/c1-18-12-6-4-11(5-7-12)13(17)16-14(10-15)8-2-3-9-14/h4-7H,2-3,8-10H2,1H3,(H,16,17). The average molecular weight is 268 g/mol. The molecule has 98 valence electrons. The topological polar surface area (TPSA) is 38.3 Å². The van der Waals surface area contributed by atoms with E-state index in [1.54, 1.807) is 31.4 Å². The number of benzene rings is 1. The maximum Gasteiger partial charge on any atom is 0.251 e. The summed E-state index contributed by atoms with van der Waals surface area (Å²) in [5.74, 6) is 1.18. The third kappa shape index (κ3) is 2.78. The Morgan fingerprint density at radius 1 is 1.33 bits per heavy atom. The van der Waals surface area contributed by atoms with Crippen molar-refractivity contribution in [2.75, 3.05) is 13.0 Å². The summed E-state index contributed by atoms with van der Waals surface area (Å²) in [7, 11) is 1.61. The second kappa shape index (κ2) is 5.61. The SMILES string of the molecule is COc1ccc(C(=O)NC2(CCl)CCCC2)cc1. The van der Waals surface area contributed by atoms with E-state index in [0.29, 0.717) is 11.4 Å². The summed E-state index contributed by atoms with van der Waals surface area (Å²) in [5.41, 5.74) is 0.436. The van der Waals surface area contributed by atoms with Crippen molar-refractivity contribution < 1.29 is 9.53 Å². The van der Waals surface area contributed by atoms with E-state index >= 15 is 0 Å². The van der Waals surface area contributed by atoms with Crippen molar-refractivity contribution in [2.45, 2.75) is 31.2 Å². The Kier molecular flexibility index (Phi) is 4.12. The van der Waals surface area contributed by atoms with Crippen molar-refractivity contribution in [1.29, 1.82) is 0 Å². The fourth-order valence-corrected chi connectivity index (χ4v) is 2.73. The average Bonchev–Trinajstić information content (AvgIpc) is 2.88. The van der Waals surface area contributed by atoms with E-state index in [0.717, 1.165) is 31.4 Å². The van der Waals surface area contributed by atoms with E-state index in [4.69, 9.17) is 16.3 Å². The molecule has 1 amide bonds. The number of amides is 1. The van der Waals surface area contributed by atoms with Gasteiger partial charge in [-0.15, -0.1) is 11.6 Å². The van der Waals surface area contributed by atoms with Gasteiger partial charge in [-0.2, -0.15) is 0 Å². The van der Waals surface area contributed by atoms with Gasteiger partial charge >= 0.3 is 0 Å². The van der Waals surface area contributed by atoms with Crippen LogP contribution in [-0.2, 0) is 0 Å². The molecule has 4 heteroatoms. The first kappa shape index (κ1) is 13.2. The lowest BCUT2D eigenvalue weighted by Gasteiger charge is -2.27. The first-order valence-electron chi connectivity index (χ1n) is 6.22. The first-order valence-corrected chi connectivity index (χ1v) is 6.75. The molecule has 1 aliphatic rings. The van der Waals surface area contributed by atoms with Crippen molar-refractivity contribution in [3.63, 3.8) is 0 Å². The number of nitrogens with one attached hydrogen (secondary N) is 1. The van der Waals surface area contributed by atoms with E-state index in [-0.39, 0.29) is 11.4 Å². The molecule has 0 atom stereocenters. The summed E-state index contributed by atoms with van der Waals surface area (Å²) >= 11 is 6.01. The van der Waals surface area contributed by atoms with Gasteiger partial charge in [-0.25, -0.2) is 0 Å². The van der Waals surface area contributed by atoms with Crippen LogP contribution in [0.3, 0.4) is 0 Å². The van der Waals surface area contributed by atoms with Crippen molar-refractivity contribution in [3.8, 4) is 5.75 Å². The second-order valence-corrected chi connectivity index (χ2v) is 5.07. The fourth-order valence-electron chi connectivity index (χ4n) is 2.40. The molecule has 0 heterocycles. The largest absolute Gasteiger partial charge is 0.497 e. The van der Waals surface area contributed by atoms with Crippen LogP contribution in [0.5, 0.6) is 5.75 Å². The molecule has 1 fully saturated rings. The van der Waals surface area contributed by atoms with Crippen LogP contribution >= 0.6 is 11.6 Å². The molecule has 1 aromatic rings. The summed E-state index contributed by atoms with van der Waals surface area (Å²) in [6, 6.07) is 7.12. The molecule has 0 aliphatic heterocycles. The Morgan fingerprint density at radius 3 is 2.44 bits per heavy atom. The van der Waals surface area contributed by atoms with Crippen LogP contribution in [0.2, 0.25) is 0 Å². The molecule has 0 bridgehead atoms. The van der Waals surface area contributed by atoms with Crippen LogP contribution in [0.4, 0.5) is 0 Å². The lowest BCUT2D eigenvalue weighted by atomic mass is 9.99. The van der Waals surface area contributed by atoms with Crippen LogP contribution in [0.1, 0.15) is 36.0 Å². The number of halogens is 1. The van der Waals surface area contributed by atoms with Gasteiger partial charge in [-0.05, 0) is 37.1 Å². The van der Waals surface area contributed by atoms with E-state index in [1.807, 2.05) is 0 Å². The van der Waals surface area contributed by atoms with Gasteiger partial charge in [0.05, 0.1) is 12.6 Å². The predicted octanol–water partition coefficient (Wildman–Crippen LogP) is 2.98. The van der Waals surface area contributed by atoms with Gasteiger partial charge in [-0.3, -0.25) is 4.79 Å². The lowest BCUT2D eigenvalue weighted by molar-refractivity contribution is 0.0909. The minimum absolute atomic E-state index is 0.0554. The molecule has 1 aromatic carbocycles. The van der Waals surface area contributed by atoms with Crippen molar-refractivity contribution in [1.82, 2.24) is 5.32 Å². The number of hydrogen-bond donors (Lipinski definition) is 1. The van der Waals surface area contributed by atoms with Crippen molar-refractivity contribution >= 4 is 17.5 Å². The zero-order chi connectivity index (χ0) is 13.0.